The Bertz CT molecular complexity index is 815. The zero-order valence-corrected chi connectivity index (χ0v) is 15.9. The Morgan fingerprint density at radius 1 is 1.20 bits per heavy atom. The first-order valence-electron chi connectivity index (χ1n) is 6.93. The molecule has 2 aromatic carbocycles. The number of amides is 2. The molecule has 0 spiro atoms. The lowest BCUT2D eigenvalue weighted by Crippen LogP contribution is -2.37. The minimum atomic E-state index is -0.522. The zero-order valence-electron chi connectivity index (χ0n) is 12.7. The van der Waals surface area contributed by atoms with Gasteiger partial charge in [0.2, 0.25) is 5.91 Å². The van der Waals surface area contributed by atoms with Gasteiger partial charge < -0.3 is 15.8 Å². The van der Waals surface area contributed by atoms with Gasteiger partial charge >= 0.3 is 0 Å². The van der Waals surface area contributed by atoms with Gasteiger partial charge in [0.05, 0.1) is 5.02 Å². The summed E-state index contributed by atoms with van der Waals surface area (Å²) in [7, 11) is 0. The average molecular weight is 443 g/mol. The first-order chi connectivity index (χ1) is 11.8. The Balaban J connectivity index is 1.83. The highest BCUT2D eigenvalue weighted by Crippen LogP contribution is 2.27. The van der Waals surface area contributed by atoms with E-state index in [-0.39, 0.29) is 11.7 Å². The predicted molar refractivity (Wildman–Crippen MR) is 104 cm³/mol. The maximum Gasteiger partial charge on any atom is 0.264 e. The SMILES string of the molecule is NC(=O)c1ccc(NC(=S)NC(=O)COc2ccc(Br)cc2Cl)cc1. The minimum absolute atomic E-state index is 0.0994. The van der Waals surface area contributed by atoms with Crippen LogP contribution >= 0.6 is 39.7 Å². The highest BCUT2D eigenvalue weighted by Gasteiger charge is 2.09. The number of carbonyl (C=O) groups excluding carboxylic acids is 2. The molecule has 0 radical (unpaired) electrons. The molecule has 2 rings (SSSR count). The van der Waals surface area contributed by atoms with Crippen molar-refractivity contribution in [1.29, 1.82) is 0 Å². The van der Waals surface area contributed by atoms with E-state index in [1.807, 2.05) is 0 Å². The van der Waals surface area contributed by atoms with Crippen LogP contribution in [0.2, 0.25) is 5.02 Å². The Morgan fingerprint density at radius 2 is 1.88 bits per heavy atom. The molecule has 0 aliphatic heterocycles. The third-order valence-electron chi connectivity index (χ3n) is 2.93. The van der Waals surface area contributed by atoms with Gasteiger partial charge in [0.15, 0.2) is 11.7 Å². The van der Waals surface area contributed by atoms with Crippen LogP contribution in [0.1, 0.15) is 10.4 Å². The number of hydrogen-bond donors (Lipinski definition) is 3. The van der Waals surface area contributed by atoms with Crippen LogP contribution in [0.15, 0.2) is 46.9 Å². The quantitative estimate of drug-likeness (QED) is 0.619. The van der Waals surface area contributed by atoms with E-state index in [1.54, 1.807) is 42.5 Å². The average Bonchev–Trinajstić information content (AvgIpc) is 2.54. The number of halogens is 2. The molecule has 9 heteroatoms. The van der Waals surface area contributed by atoms with Crippen molar-refractivity contribution in [3.63, 3.8) is 0 Å². The van der Waals surface area contributed by atoms with E-state index in [0.29, 0.717) is 22.0 Å². The van der Waals surface area contributed by atoms with Gasteiger partial charge in [-0.05, 0) is 54.7 Å². The fourth-order valence-corrected chi connectivity index (χ4v) is 2.74. The number of primary amides is 1. The molecule has 4 N–H and O–H groups in total. The number of thiocarbonyl (C=S) groups is 1. The summed E-state index contributed by atoms with van der Waals surface area (Å²) in [6, 6.07) is 11.4. The molecule has 0 unspecified atom stereocenters. The second-order valence-electron chi connectivity index (χ2n) is 4.81. The van der Waals surface area contributed by atoms with Gasteiger partial charge in [0.25, 0.3) is 5.91 Å². The molecular formula is C16H13BrClN3O3S. The van der Waals surface area contributed by atoms with Crippen molar-refractivity contribution < 1.29 is 14.3 Å². The molecule has 0 bridgehead atoms. The molecule has 25 heavy (non-hydrogen) atoms. The van der Waals surface area contributed by atoms with Crippen LogP contribution in [0.3, 0.4) is 0 Å². The summed E-state index contributed by atoms with van der Waals surface area (Å²) in [5.74, 6) is -0.572. The second kappa shape index (κ2) is 8.80. The maximum absolute atomic E-state index is 11.9. The Kier molecular flexibility index (Phi) is 6.74. The summed E-state index contributed by atoms with van der Waals surface area (Å²) in [6.07, 6.45) is 0. The van der Waals surface area contributed by atoms with Crippen LogP contribution in [0, 0.1) is 0 Å². The smallest absolute Gasteiger partial charge is 0.264 e. The third-order valence-corrected chi connectivity index (χ3v) is 3.93. The summed E-state index contributed by atoms with van der Waals surface area (Å²) in [5, 5.41) is 5.78. The number of nitrogens with two attached hydrogens (primary N) is 1. The Hall–Kier alpha value is -2.16. The molecule has 0 atom stereocenters. The lowest BCUT2D eigenvalue weighted by Gasteiger charge is -2.11. The van der Waals surface area contributed by atoms with Crippen LogP contribution in [0.4, 0.5) is 5.69 Å². The first kappa shape index (κ1) is 19.2. The summed E-state index contributed by atoms with van der Waals surface area (Å²) >= 11 is 14.3. The van der Waals surface area contributed by atoms with Crippen molar-refractivity contribution in [3.05, 3.63) is 57.5 Å². The van der Waals surface area contributed by atoms with Crippen molar-refractivity contribution in [1.82, 2.24) is 5.32 Å². The van der Waals surface area contributed by atoms with Crippen LogP contribution in [0.25, 0.3) is 0 Å². The molecule has 0 aliphatic carbocycles. The van der Waals surface area contributed by atoms with Crippen LogP contribution in [0.5, 0.6) is 5.75 Å². The molecular weight excluding hydrogens is 430 g/mol. The lowest BCUT2D eigenvalue weighted by molar-refractivity contribution is -0.121. The normalized spacial score (nSPS) is 10.0. The fourth-order valence-electron chi connectivity index (χ4n) is 1.78. The van der Waals surface area contributed by atoms with Gasteiger partial charge in [0.1, 0.15) is 5.75 Å². The van der Waals surface area contributed by atoms with E-state index in [9.17, 15) is 9.59 Å². The maximum atomic E-state index is 11.9. The molecule has 130 valence electrons. The second-order valence-corrected chi connectivity index (χ2v) is 6.54. The molecule has 0 saturated carbocycles. The highest BCUT2D eigenvalue weighted by atomic mass is 79.9. The van der Waals surface area contributed by atoms with Crippen molar-refractivity contribution >= 4 is 62.4 Å². The van der Waals surface area contributed by atoms with E-state index in [4.69, 9.17) is 34.3 Å². The fraction of sp³-hybridized carbons (Fsp3) is 0.0625. The lowest BCUT2D eigenvalue weighted by atomic mass is 10.2. The number of rotatable bonds is 5. The van der Waals surface area contributed by atoms with Crippen LogP contribution in [-0.4, -0.2) is 23.5 Å². The van der Waals surface area contributed by atoms with Gasteiger partial charge in [-0.15, -0.1) is 0 Å². The Morgan fingerprint density at radius 3 is 2.48 bits per heavy atom. The van der Waals surface area contributed by atoms with Gasteiger partial charge in [-0.1, -0.05) is 27.5 Å². The largest absolute Gasteiger partial charge is 0.482 e. The van der Waals surface area contributed by atoms with Gasteiger partial charge in [-0.2, -0.15) is 0 Å². The van der Waals surface area contributed by atoms with Crippen LogP contribution in [-0.2, 0) is 4.79 Å². The number of nitrogens with one attached hydrogen (secondary N) is 2. The van der Waals surface area contributed by atoms with Gasteiger partial charge in [-0.3, -0.25) is 14.9 Å². The topological polar surface area (TPSA) is 93.5 Å². The summed E-state index contributed by atoms with van der Waals surface area (Å²) < 4.78 is 6.15. The van der Waals surface area contributed by atoms with E-state index in [1.165, 1.54) is 0 Å². The van der Waals surface area contributed by atoms with E-state index in [0.717, 1.165) is 4.47 Å². The van der Waals surface area contributed by atoms with E-state index >= 15 is 0 Å². The molecule has 0 aromatic heterocycles. The highest BCUT2D eigenvalue weighted by molar-refractivity contribution is 9.10. The number of hydrogen-bond acceptors (Lipinski definition) is 4. The minimum Gasteiger partial charge on any atom is -0.482 e. The molecule has 0 fully saturated rings. The van der Waals surface area contributed by atoms with E-state index in [2.05, 4.69) is 26.6 Å². The van der Waals surface area contributed by atoms with Crippen molar-refractivity contribution in [2.45, 2.75) is 0 Å². The molecule has 6 nitrogen and oxygen atoms in total. The molecule has 2 aromatic rings. The number of benzene rings is 2. The van der Waals surface area contributed by atoms with E-state index < -0.39 is 11.8 Å². The number of carbonyl (C=O) groups is 2. The standard InChI is InChI=1S/C16H13BrClN3O3S/c17-10-3-6-13(12(18)7-10)24-8-14(22)21-16(25)20-11-4-1-9(2-5-11)15(19)23/h1-7H,8H2,(H2,19,23)(H2,20,21,22,25). The van der Waals surface area contributed by atoms with Crippen molar-refractivity contribution in [2.75, 3.05) is 11.9 Å². The summed E-state index contributed by atoms with van der Waals surface area (Å²) in [5.41, 5.74) is 6.14. The zero-order chi connectivity index (χ0) is 18.4. The molecule has 0 saturated heterocycles. The van der Waals surface area contributed by atoms with Gasteiger partial charge in [-0.25, -0.2) is 0 Å². The third kappa shape index (κ3) is 6.00. The molecule has 0 heterocycles. The van der Waals surface area contributed by atoms with Gasteiger partial charge in [0, 0.05) is 15.7 Å². The molecule has 0 aliphatic rings. The van der Waals surface area contributed by atoms with Crippen molar-refractivity contribution in [2.24, 2.45) is 5.73 Å². The monoisotopic (exact) mass is 441 g/mol. The summed E-state index contributed by atoms with van der Waals surface area (Å²) in [6.45, 7) is -0.246. The predicted octanol–water partition coefficient (Wildman–Crippen LogP) is 3.09. The van der Waals surface area contributed by atoms with Crippen LogP contribution < -0.4 is 21.1 Å². The summed E-state index contributed by atoms with van der Waals surface area (Å²) in [4.78, 5) is 22.9. The van der Waals surface area contributed by atoms with Crippen molar-refractivity contribution in [3.8, 4) is 5.75 Å². The molecule has 2 amide bonds. The Labute approximate surface area is 162 Å². The number of ether oxygens (including phenoxy) is 1. The first-order valence-corrected chi connectivity index (χ1v) is 8.51. The number of anilines is 1.